The highest BCUT2D eigenvalue weighted by Gasteiger charge is 2.56. The highest BCUT2D eigenvalue weighted by molar-refractivity contribution is 5.91. The first-order valence-corrected chi connectivity index (χ1v) is 17.3. The van der Waals surface area contributed by atoms with Gasteiger partial charge in [0.2, 0.25) is 0 Å². The molecule has 0 spiro atoms. The molecular formula is C37H56F8O4. The summed E-state index contributed by atoms with van der Waals surface area (Å²) in [6.45, 7) is 14.4. The van der Waals surface area contributed by atoms with E-state index < -0.39 is 43.2 Å². The fraction of sp³-hybridized carbons (Fsp3) is 0.649. The van der Waals surface area contributed by atoms with E-state index in [1.54, 1.807) is 12.1 Å². The van der Waals surface area contributed by atoms with Gasteiger partial charge in [-0.2, -0.15) is 22.0 Å². The van der Waals surface area contributed by atoms with Crippen LogP contribution in [0, 0.1) is 5.92 Å². The molecule has 12 heteroatoms. The number of rotatable bonds is 19. The maximum atomic E-state index is 13.0. The normalized spacial score (nSPS) is 12.1. The Bertz CT molecular complexity index is 1190. The molecule has 0 aliphatic heterocycles. The Morgan fingerprint density at radius 2 is 1.27 bits per heavy atom. The van der Waals surface area contributed by atoms with Gasteiger partial charge in [-0.15, -0.1) is 13.2 Å². The summed E-state index contributed by atoms with van der Waals surface area (Å²) in [5.74, 6) is -6.55. The fourth-order valence-corrected chi connectivity index (χ4v) is 5.28. The Kier molecular flexibility index (Phi) is 24.7. The lowest BCUT2D eigenvalue weighted by molar-refractivity contribution is -0.295. The van der Waals surface area contributed by atoms with E-state index in [0.717, 1.165) is 80.6 Å². The molecule has 0 heterocycles. The minimum Gasteiger partial charge on any atom is -0.508 e. The number of aliphatic carboxylic acids is 1. The third-order valence-electron chi connectivity index (χ3n) is 7.58. The molecule has 2 aromatic carbocycles. The van der Waals surface area contributed by atoms with Crippen molar-refractivity contribution >= 4 is 22.3 Å². The van der Waals surface area contributed by atoms with E-state index in [1.807, 2.05) is 39.8 Å². The quantitative estimate of drug-likeness (QED) is 0.0999. The zero-order valence-electron chi connectivity index (χ0n) is 29.6. The summed E-state index contributed by atoms with van der Waals surface area (Å²) < 4.78 is 92.6. The van der Waals surface area contributed by atoms with E-state index >= 15 is 0 Å². The van der Waals surface area contributed by atoms with Crippen molar-refractivity contribution < 1.29 is 55.2 Å². The minimum absolute atomic E-state index is 0.174. The van der Waals surface area contributed by atoms with Crippen molar-refractivity contribution in [3.8, 4) is 5.75 Å². The number of phenolic OH excluding ortho intramolecular Hbond substituents is 1. The van der Waals surface area contributed by atoms with Crippen LogP contribution in [-0.2, 0) is 11.2 Å². The number of unbranched alkanes of at least 4 members (excludes halogenated alkanes) is 7. The number of carboxylic acids is 1. The molecular weight excluding hydrogens is 660 g/mol. The second-order valence-electron chi connectivity index (χ2n) is 11.3. The van der Waals surface area contributed by atoms with E-state index in [2.05, 4.69) is 19.6 Å². The van der Waals surface area contributed by atoms with Crippen molar-refractivity contribution in [1.29, 1.82) is 0 Å². The number of carboxylic acid groups (broad SMARTS) is 1. The molecule has 49 heavy (non-hydrogen) atoms. The van der Waals surface area contributed by atoms with Gasteiger partial charge in [0.05, 0.1) is 5.92 Å². The topological polar surface area (TPSA) is 77.8 Å². The molecule has 0 aliphatic rings. The van der Waals surface area contributed by atoms with Crippen LogP contribution in [0.25, 0.3) is 16.3 Å². The summed E-state index contributed by atoms with van der Waals surface area (Å²) in [5.41, 5.74) is 3.62. The molecule has 0 aliphatic carbocycles. The molecule has 0 saturated carbocycles. The number of hydrogen-bond donors (Lipinski definition) is 3. The van der Waals surface area contributed by atoms with E-state index in [9.17, 15) is 50.1 Å². The molecule has 4 nitrogen and oxygen atoms in total. The van der Waals surface area contributed by atoms with Crippen LogP contribution >= 0.6 is 0 Å². The highest BCUT2D eigenvalue weighted by atomic mass is 19.4. The van der Waals surface area contributed by atoms with Gasteiger partial charge in [0, 0.05) is 6.42 Å². The number of allylic oxidation sites excluding steroid dienone is 1. The van der Waals surface area contributed by atoms with Crippen molar-refractivity contribution in [2.75, 3.05) is 0 Å². The molecule has 0 amide bonds. The summed E-state index contributed by atoms with van der Waals surface area (Å²) in [4.78, 5) is 11.4. The average Bonchev–Trinajstić information content (AvgIpc) is 3.01. The maximum Gasteiger partial charge on any atom is 0.519 e. The molecule has 2 aromatic rings. The molecule has 0 saturated heterocycles. The number of alkyl halides is 8. The zero-order chi connectivity index (χ0) is 38.3. The Balaban J connectivity index is 0. The predicted molar refractivity (Wildman–Crippen MR) is 182 cm³/mol. The van der Waals surface area contributed by atoms with E-state index in [1.165, 1.54) is 11.1 Å². The molecule has 1 atom stereocenters. The first kappa shape index (κ1) is 48.2. The van der Waals surface area contributed by atoms with Crippen molar-refractivity contribution in [3.63, 3.8) is 0 Å². The Hall–Kier alpha value is -2.89. The third-order valence-corrected chi connectivity index (χ3v) is 7.58. The number of aromatic hydroxyl groups is 1. The molecule has 0 bridgehead atoms. The smallest absolute Gasteiger partial charge is 0.508 e. The van der Waals surface area contributed by atoms with Gasteiger partial charge in [0.25, 0.3) is 0 Å². The number of carbonyl (C=O) groups is 1. The Morgan fingerprint density at radius 1 is 0.776 bits per heavy atom. The van der Waals surface area contributed by atoms with Gasteiger partial charge in [0.1, 0.15) is 5.75 Å². The molecule has 3 N–H and O–H groups in total. The average molecular weight is 717 g/mol. The van der Waals surface area contributed by atoms with Crippen molar-refractivity contribution in [2.45, 2.75) is 149 Å². The standard InChI is InChI=1S/C32H43F5O3.2C2H6.CHF3O/c1-3-13-23(2)27-19-17-25-22-26(38)18-20-28(25)29(27)16-11-9-7-5-4-6-8-10-14-24(30(39)40)15-12-21-31(33,34)32(35,36)37;2*1-2;2-1(3,4)5/h17-20,22,24,38H,2-16,21H2,1H3,(H,39,40);2*1-2H3;5H. The first-order chi connectivity index (χ1) is 22.9. The summed E-state index contributed by atoms with van der Waals surface area (Å²) in [6, 6.07) is 9.65. The highest BCUT2D eigenvalue weighted by Crippen LogP contribution is 2.39. The second kappa shape index (κ2) is 25.1. The molecule has 0 aromatic heterocycles. The van der Waals surface area contributed by atoms with Crippen LogP contribution in [0.4, 0.5) is 35.1 Å². The minimum atomic E-state index is -5.60. The monoisotopic (exact) mass is 716 g/mol. The summed E-state index contributed by atoms with van der Waals surface area (Å²) in [7, 11) is 0. The second-order valence-corrected chi connectivity index (χ2v) is 11.3. The number of halogens is 8. The van der Waals surface area contributed by atoms with E-state index in [0.29, 0.717) is 12.8 Å². The molecule has 0 fully saturated rings. The number of phenols is 1. The number of aliphatic hydroxyl groups is 1. The van der Waals surface area contributed by atoms with Crippen LogP contribution < -0.4 is 0 Å². The number of aryl methyl sites for hydroxylation is 1. The lowest BCUT2D eigenvalue weighted by atomic mass is 9.89. The zero-order valence-corrected chi connectivity index (χ0v) is 29.6. The molecule has 1 unspecified atom stereocenters. The lowest BCUT2D eigenvalue weighted by Gasteiger charge is -2.20. The summed E-state index contributed by atoms with van der Waals surface area (Å²) >= 11 is 0. The van der Waals surface area contributed by atoms with Gasteiger partial charge >= 0.3 is 24.4 Å². The largest absolute Gasteiger partial charge is 0.519 e. The summed E-state index contributed by atoms with van der Waals surface area (Å²) in [6.07, 6.45) is -1.76. The number of fused-ring (bicyclic) bond motifs is 1. The van der Waals surface area contributed by atoms with Crippen LogP contribution in [0.2, 0.25) is 0 Å². The van der Waals surface area contributed by atoms with Crippen molar-refractivity contribution in [3.05, 3.63) is 48.0 Å². The molecule has 284 valence electrons. The van der Waals surface area contributed by atoms with Gasteiger partial charge < -0.3 is 15.3 Å². The Labute approximate surface area is 286 Å². The van der Waals surface area contributed by atoms with E-state index in [4.69, 9.17) is 5.11 Å². The van der Waals surface area contributed by atoms with Gasteiger partial charge in [-0.3, -0.25) is 4.79 Å². The van der Waals surface area contributed by atoms with Gasteiger partial charge in [-0.25, -0.2) is 0 Å². The van der Waals surface area contributed by atoms with Gasteiger partial charge in [-0.1, -0.05) is 111 Å². The van der Waals surface area contributed by atoms with Crippen LogP contribution in [0.1, 0.15) is 136 Å². The van der Waals surface area contributed by atoms with E-state index in [-0.39, 0.29) is 12.2 Å². The van der Waals surface area contributed by atoms with Crippen LogP contribution in [0.3, 0.4) is 0 Å². The van der Waals surface area contributed by atoms with Crippen LogP contribution in [0.15, 0.2) is 36.9 Å². The Morgan fingerprint density at radius 3 is 1.76 bits per heavy atom. The number of benzene rings is 2. The van der Waals surface area contributed by atoms with Crippen molar-refractivity contribution in [2.24, 2.45) is 5.92 Å². The third kappa shape index (κ3) is 21.0. The SMILES string of the molecule is C=C(CCC)c1ccc2cc(O)ccc2c1CCCCCCCCCCC(CCCC(F)(F)C(F)(F)F)C(=O)O.CC.CC.OC(F)(F)F. The van der Waals surface area contributed by atoms with Gasteiger partial charge in [0.15, 0.2) is 0 Å². The van der Waals surface area contributed by atoms with Crippen LogP contribution in [0.5, 0.6) is 5.75 Å². The molecule has 0 radical (unpaired) electrons. The first-order valence-electron chi connectivity index (χ1n) is 17.3. The summed E-state index contributed by atoms with van der Waals surface area (Å²) in [5, 5.41) is 27.9. The predicted octanol–water partition coefficient (Wildman–Crippen LogP) is 13.0. The van der Waals surface area contributed by atoms with Gasteiger partial charge in [-0.05, 0) is 78.1 Å². The lowest BCUT2D eigenvalue weighted by Crippen LogP contribution is -2.36. The molecule has 2 rings (SSSR count). The fourth-order valence-electron chi connectivity index (χ4n) is 5.28. The number of hydrogen-bond acceptors (Lipinski definition) is 3. The van der Waals surface area contributed by atoms with Crippen molar-refractivity contribution in [1.82, 2.24) is 0 Å². The maximum absolute atomic E-state index is 13.0. The van der Waals surface area contributed by atoms with Crippen LogP contribution in [-0.4, -0.2) is 39.8 Å².